The summed E-state index contributed by atoms with van der Waals surface area (Å²) < 4.78 is 12.5. The van der Waals surface area contributed by atoms with Gasteiger partial charge in [-0.15, -0.1) is 5.10 Å². The van der Waals surface area contributed by atoms with Gasteiger partial charge in [0.15, 0.2) is 5.82 Å². The van der Waals surface area contributed by atoms with Crippen molar-refractivity contribution in [1.82, 2.24) is 30.4 Å². The van der Waals surface area contributed by atoms with Crippen molar-refractivity contribution in [3.63, 3.8) is 0 Å². The summed E-state index contributed by atoms with van der Waals surface area (Å²) in [5, 5.41) is 14.1. The molecule has 1 aromatic carbocycles. The second-order valence-corrected chi connectivity index (χ2v) is 6.10. The lowest BCUT2D eigenvalue weighted by Gasteiger charge is -2.26. The van der Waals surface area contributed by atoms with E-state index in [1.807, 2.05) is 0 Å². The van der Waals surface area contributed by atoms with Crippen LogP contribution in [0.25, 0.3) is 0 Å². The van der Waals surface area contributed by atoms with Crippen molar-refractivity contribution >= 4 is 5.91 Å². The SMILES string of the molecule is Cn1nnnc1COc1cccc(C(=O)NCCCN2CCOCC2)c1. The smallest absolute Gasteiger partial charge is 0.251 e. The minimum Gasteiger partial charge on any atom is -0.486 e. The highest BCUT2D eigenvalue weighted by atomic mass is 16.5. The number of benzene rings is 1. The molecular weight excluding hydrogens is 336 g/mol. The molecule has 1 saturated heterocycles. The maximum Gasteiger partial charge on any atom is 0.251 e. The summed E-state index contributed by atoms with van der Waals surface area (Å²) in [5.41, 5.74) is 0.574. The van der Waals surface area contributed by atoms with Crippen LogP contribution in [-0.2, 0) is 18.4 Å². The number of nitrogens with zero attached hydrogens (tertiary/aromatic N) is 5. The highest BCUT2D eigenvalue weighted by Crippen LogP contribution is 2.14. The molecule has 1 aliphatic rings. The second kappa shape index (κ2) is 9.25. The van der Waals surface area contributed by atoms with Crippen LogP contribution in [0.1, 0.15) is 22.6 Å². The number of amides is 1. The molecule has 1 aromatic heterocycles. The van der Waals surface area contributed by atoms with Crippen molar-refractivity contribution in [1.29, 1.82) is 0 Å². The molecule has 26 heavy (non-hydrogen) atoms. The van der Waals surface area contributed by atoms with Gasteiger partial charge in [-0.1, -0.05) is 6.07 Å². The van der Waals surface area contributed by atoms with Gasteiger partial charge in [0.1, 0.15) is 12.4 Å². The highest BCUT2D eigenvalue weighted by molar-refractivity contribution is 5.94. The molecule has 140 valence electrons. The van der Waals surface area contributed by atoms with Gasteiger partial charge in [0.05, 0.1) is 13.2 Å². The zero-order chi connectivity index (χ0) is 18.2. The Labute approximate surface area is 152 Å². The lowest BCUT2D eigenvalue weighted by molar-refractivity contribution is 0.0374. The minimum absolute atomic E-state index is 0.0993. The molecule has 2 aromatic rings. The number of carbonyl (C=O) groups excluding carboxylic acids is 1. The molecule has 2 heterocycles. The quantitative estimate of drug-likeness (QED) is 0.674. The number of rotatable bonds is 8. The number of hydrogen-bond donors (Lipinski definition) is 1. The van der Waals surface area contributed by atoms with Crippen LogP contribution in [0.5, 0.6) is 5.75 Å². The van der Waals surface area contributed by atoms with Gasteiger partial charge < -0.3 is 14.8 Å². The normalized spacial score (nSPS) is 15.0. The molecule has 1 amide bonds. The summed E-state index contributed by atoms with van der Waals surface area (Å²) >= 11 is 0. The Balaban J connectivity index is 1.43. The van der Waals surface area contributed by atoms with Gasteiger partial charge >= 0.3 is 0 Å². The Hall–Kier alpha value is -2.52. The van der Waals surface area contributed by atoms with Crippen LogP contribution in [0.3, 0.4) is 0 Å². The standard InChI is InChI=1S/C17H24N6O3/c1-22-16(19-20-21-22)13-26-15-5-2-4-14(12-15)17(24)18-6-3-7-23-8-10-25-11-9-23/h2,4-5,12H,3,6-11,13H2,1H3,(H,18,24). The minimum atomic E-state index is -0.0993. The van der Waals surface area contributed by atoms with Crippen molar-refractivity contribution in [2.75, 3.05) is 39.4 Å². The molecule has 1 aliphatic heterocycles. The van der Waals surface area contributed by atoms with E-state index in [4.69, 9.17) is 9.47 Å². The fourth-order valence-corrected chi connectivity index (χ4v) is 2.68. The van der Waals surface area contributed by atoms with Gasteiger partial charge in [0, 0.05) is 32.2 Å². The van der Waals surface area contributed by atoms with E-state index in [0.29, 0.717) is 23.7 Å². The third-order valence-electron chi connectivity index (χ3n) is 4.21. The highest BCUT2D eigenvalue weighted by Gasteiger charge is 2.11. The van der Waals surface area contributed by atoms with Crippen molar-refractivity contribution < 1.29 is 14.3 Å². The number of ether oxygens (including phenoxy) is 2. The average molecular weight is 360 g/mol. The van der Waals surface area contributed by atoms with Crippen molar-refractivity contribution in [2.24, 2.45) is 7.05 Å². The molecule has 0 bridgehead atoms. The first-order valence-corrected chi connectivity index (χ1v) is 8.75. The topological polar surface area (TPSA) is 94.4 Å². The lowest BCUT2D eigenvalue weighted by atomic mass is 10.2. The maximum absolute atomic E-state index is 12.3. The fraction of sp³-hybridized carbons (Fsp3) is 0.529. The van der Waals surface area contributed by atoms with Crippen LogP contribution in [-0.4, -0.2) is 70.4 Å². The number of carbonyl (C=O) groups is 1. The molecule has 0 atom stereocenters. The van der Waals surface area contributed by atoms with E-state index in [2.05, 4.69) is 25.7 Å². The van der Waals surface area contributed by atoms with Crippen LogP contribution in [0, 0.1) is 0 Å². The van der Waals surface area contributed by atoms with Gasteiger partial charge in [-0.3, -0.25) is 9.69 Å². The summed E-state index contributed by atoms with van der Waals surface area (Å²) in [6.45, 7) is 5.38. The first-order chi connectivity index (χ1) is 12.7. The predicted octanol–water partition coefficient (Wildman–Crippen LogP) is 0.241. The zero-order valence-corrected chi connectivity index (χ0v) is 14.9. The Morgan fingerprint density at radius 2 is 2.19 bits per heavy atom. The van der Waals surface area contributed by atoms with Crippen LogP contribution in [0.15, 0.2) is 24.3 Å². The van der Waals surface area contributed by atoms with Crippen LogP contribution in [0.2, 0.25) is 0 Å². The first kappa shape index (κ1) is 18.3. The Morgan fingerprint density at radius 3 is 2.96 bits per heavy atom. The van der Waals surface area contributed by atoms with E-state index in [-0.39, 0.29) is 12.5 Å². The van der Waals surface area contributed by atoms with Crippen molar-refractivity contribution in [2.45, 2.75) is 13.0 Å². The molecule has 0 radical (unpaired) electrons. The molecular formula is C17H24N6O3. The maximum atomic E-state index is 12.3. The number of hydrogen-bond acceptors (Lipinski definition) is 7. The average Bonchev–Trinajstić information content (AvgIpc) is 3.09. The summed E-state index contributed by atoms with van der Waals surface area (Å²) in [5.74, 6) is 1.12. The van der Waals surface area contributed by atoms with Crippen molar-refractivity contribution in [3.05, 3.63) is 35.7 Å². The largest absolute Gasteiger partial charge is 0.486 e. The molecule has 0 unspecified atom stereocenters. The third-order valence-corrected chi connectivity index (χ3v) is 4.21. The van der Waals surface area contributed by atoms with Crippen molar-refractivity contribution in [3.8, 4) is 5.75 Å². The van der Waals surface area contributed by atoms with E-state index in [1.165, 1.54) is 0 Å². The monoisotopic (exact) mass is 360 g/mol. The van der Waals surface area contributed by atoms with E-state index >= 15 is 0 Å². The van der Waals surface area contributed by atoms with Gasteiger partial charge in [-0.25, -0.2) is 4.68 Å². The third kappa shape index (κ3) is 5.24. The van der Waals surface area contributed by atoms with Crippen LogP contribution >= 0.6 is 0 Å². The number of tetrazole rings is 1. The predicted molar refractivity (Wildman–Crippen MR) is 93.8 cm³/mol. The molecule has 1 N–H and O–H groups in total. The molecule has 0 saturated carbocycles. The summed E-state index contributed by atoms with van der Waals surface area (Å²) in [6.07, 6.45) is 0.918. The second-order valence-electron chi connectivity index (χ2n) is 6.10. The molecule has 9 nitrogen and oxygen atoms in total. The van der Waals surface area contributed by atoms with E-state index < -0.39 is 0 Å². The van der Waals surface area contributed by atoms with E-state index in [9.17, 15) is 4.79 Å². The number of nitrogens with one attached hydrogen (secondary N) is 1. The lowest BCUT2D eigenvalue weighted by Crippen LogP contribution is -2.38. The molecule has 0 aliphatic carbocycles. The Bertz CT molecular complexity index is 714. The Morgan fingerprint density at radius 1 is 1.35 bits per heavy atom. The number of aromatic nitrogens is 4. The van der Waals surface area contributed by atoms with Crippen LogP contribution in [0.4, 0.5) is 0 Å². The number of aryl methyl sites for hydroxylation is 1. The van der Waals surface area contributed by atoms with Gasteiger partial charge in [-0.2, -0.15) is 0 Å². The summed E-state index contributed by atoms with van der Waals surface area (Å²) in [6, 6.07) is 7.10. The summed E-state index contributed by atoms with van der Waals surface area (Å²) in [7, 11) is 1.75. The fourth-order valence-electron chi connectivity index (χ4n) is 2.68. The number of morpholine rings is 1. The van der Waals surface area contributed by atoms with E-state index in [0.717, 1.165) is 39.3 Å². The van der Waals surface area contributed by atoms with Gasteiger partial charge in [0.25, 0.3) is 5.91 Å². The Kier molecular flexibility index (Phi) is 6.50. The molecule has 3 rings (SSSR count). The summed E-state index contributed by atoms with van der Waals surface area (Å²) in [4.78, 5) is 14.7. The zero-order valence-electron chi connectivity index (χ0n) is 14.9. The van der Waals surface area contributed by atoms with Gasteiger partial charge in [-0.05, 0) is 41.6 Å². The first-order valence-electron chi connectivity index (χ1n) is 8.75. The molecule has 1 fully saturated rings. The molecule has 9 heteroatoms. The van der Waals surface area contributed by atoms with Gasteiger partial charge in [0.2, 0.25) is 0 Å². The van der Waals surface area contributed by atoms with Crippen LogP contribution < -0.4 is 10.1 Å². The van der Waals surface area contributed by atoms with E-state index in [1.54, 1.807) is 36.0 Å². The molecule has 0 spiro atoms.